The van der Waals surface area contributed by atoms with E-state index in [1.165, 1.54) is 43.0 Å². The van der Waals surface area contributed by atoms with Gasteiger partial charge in [0.15, 0.2) is 0 Å². The van der Waals surface area contributed by atoms with Gasteiger partial charge in [0.05, 0.1) is 0 Å². The fraction of sp³-hybridized carbons (Fsp3) is 0.885. The van der Waals surface area contributed by atoms with Crippen LogP contribution in [0.3, 0.4) is 0 Å². The molecular formula is C26H50O6Sn. The number of carbonyl (C=O) groups excluding carboxylic acids is 3. The van der Waals surface area contributed by atoms with E-state index in [9.17, 15) is 29.7 Å². The van der Waals surface area contributed by atoms with Gasteiger partial charge in [-0.25, -0.2) is 0 Å². The van der Waals surface area contributed by atoms with Crippen LogP contribution in [0.5, 0.6) is 0 Å². The Morgan fingerprint density at radius 3 is 0.939 bits per heavy atom. The normalized spacial score (nSPS) is 9.39. The molecule has 0 atom stereocenters. The Labute approximate surface area is 217 Å². The molecule has 7 heteroatoms. The second-order valence-corrected chi connectivity index (χ2v) is 9.43. The van der Waals surface area contributed by atoms with Crippen molar-refractivity contribution in [3.05, 3.63) is 0 Å². The van der Waals surface area contributed by atoms with Gasteiger partial charge in [0.1, 0.15) is 0 Å². The molecule has 0 aliphatic carbocycles. The second-order valence-electron chi connectivity index (χ2n) is 8.01. The molecule has 0 aromatic heterocycles. The molecule has 0 saturated heterocycles. The summed E-state index contributed by atoms with van der Waals surface area (Å²) in [6.07, 6.45) is 17.8. The molecule has 0 N–H and O–H groups in total. The van der Waals surface area contributed by atoms with E-state index in [1.54, 1.807) is 22.5 Å². The first-order valence-electron chi connectivity index (χ1n) is 13.0. The van der Waals surface area contributed by atoms with Crippen molar-refractivity contribution < 1.29 is 29.7 Å². The molecule has 0 aliphatic rings. The molecule has 6 nitrogen and oxygen atoms in total. The van der Waals surface area contributed by atoms with Crippen molar-refractivity contribution in [2.24, 2.45) is 0 Å². The summed E-state index contributed by atoms with van der Waals surface area (Å²) < 4.78 is 1.46. The third-order valence-corrected chi connectivity index (χ3v) is 5.49. The summed E-state index contributed by atoms with van der Waals surface area (Å²) >= 11 is 1.71. The molecule has 0 saturated carbocycles. The zero-order valence-electron chi connectivity index (χ0n) is 21.9. The molecule has 0 unspecified atom stereocenters. The van der Waals surface area contributed by atoms with Crippen LogP contribution in [0.25, 0.3) is 0 Å². The van der Waals surface area contributed by atoms with Crippen molar-refractivity contribution in [3.63, 3.8) is 0 Å². The number of unbranched alkanes of at least 4 members (excludes halogenated alkanes) is 11. The first-order chi connectivity index (χ1) is 15.7. The van der Waals surface area contributed by atoms with Gasteiger partial charge in [0, 0.05) is 17.9 Å². The van der Waals surface area contributed by atoms with Crippen LogP contribution < -0.4 is 15.3 Å². The first kappa shape index (κ1) is 39.4. The fourth-order valence-corrected chi connectivity index (χ4v) is 3.18. The summed E-state index contributed by atoms with van der Waals surface area (Å²) in [7, 11) is 0. The maximum absolute atomic E-state index is 9.76. The molecule has 0 heterocycles. The summed E-state index contributed by atoms with van der Waals surface area (Å²) in [5.74, 6) is -2.80. The molecule has 0 rings (SSSR count). The minimum absolute atomic E-state index is 0.216. The molecule has 0 aromatic rings. The van der Waals surface area contributed by atoms with Gasteiger partial charge in [0.25, 0.3) is 0 Å². The quantitative estimate of drug-likeness (QED) is 0.180. The summed E-state index contributed by atoms with van der Waals surface area (Å²) in [4.78, 5) is 29.3. The Kier molecular flexibility index (Phi) is 46.0. The molecular weight excluding hydrogens is 527 g/mol. The van der Waals surface area contributed by atoms with E-state index in [0.717, 1.165) is 57.8 Å². The van der Waals surface area contributed by atoms with E-state index in [4.69, 9.17) is 0 Å². The van der Waals surface area contributed by atoms with E-state index >= 15 is 0 Å². The van der Waals surface area contributed by atoms with Crippen LogP contribution in [-0.2, 0) is 14.4 Å². The van der Waals surface area contributed by atoms with Crippen molar-refractivity contribution in [2.45, 2.75) is 148 Å². The van der Waals surface area contributed by atoms with Crippen LogP contribution in [-0.4, -0.2) is 40.4 Å². The van der Waals surface area contributed by atoms with Crippen LogP contribution >= 0.6 is 0 Å². The van der Waals surface area contributed by atoms with Crippen molar-refractivity contribution in [1.82, 2.24) is 0 Å². The second kappa shape index (κ2) is 38.5. The maximum atomic E-state index is 9.76. The SMILES string of the molecule is CCCCCC(=O)[O-].CCCCCC(=O)[O-].CCCCCC(=O)[O-].CCCCCCC[CH2][Sn+3]. The fourth-order valence-electron chi connectivity index (χ4n) is 2.46. The zero-order chi connectivity index (χ0) is 26.2. The monoisotopic (exact) mass is 578 g/mol. The average Bonchev–Trinajstić information content (AvgIpc) is 2.75. The third-order valence-electron chi connectivity index (χ3n) is 4.48. The summed E-state index contributed by atoms with van der Waals surface area (Å²) in [6, 6.07) is 0. The first-order valence-corrected chi connectivity index (χ1v) is 15.0. The van der Waals surface area contributed by atoms with Gasteiger partial charge in [-0.05, 0) is 38.5 Å². The molecule has 0 radical (unpaired) electrons. The van der Waals surface area contributed by atoms with Crippen LogP contribution in [0, 0.1) is 0 Å². The summed E-state index contributed by atoms with van der Waals surface area (Å²) in [5.41, 5.74) is 0. The topological polar surface area (TPSA) is 120 Å². The van der Waals surface area contributed by atoms with E-state index in [1.807, 2.05) is 20.8 Å². The molecule has 0 aliphatic heterocycles. The number of carboxylic acid groups (broad SMARTS) is 3. The molecule has 194 valence electrons. The van der Waals surface area contributed by atoms with Gasteiger partial charge in [0.2, 0.25) is 0 Å². The Hall–Kier alpha value is -0.791. The predicted molar refractivity (Wildman–Crippen MR) is 131 cm³/mol. The van der Waals surface area contributed by atoms with Crippen molar-refractivity contribution >= 4 is 40.4 Å². The van der Waals surface area contributed by atoms with Gasteiger partial charge in [-0.1, -0.05) is 59.3 Å². The van der Waals surface area contributed by atoms with E-state index in [0.29, 0.717) is 0 Å². The van der Waals surface area contributed by atoms with Crippen molar-refractivity contribution in [1.29, 1.82) is 0 Å². The number of hydrogen-bond donors (Lipinski definition) is 0. The van der Waals surface area contributed by atoms with E-state index < -0.39 is 17.9 Å². The molecule has 0 fully saturated rings. The molecule has 0 bridgehead atoms. The number of aliphatic carboxylic acids is 3. The van der Waals surface area contributed by atoms with Crippen molar-refractivity contribution in [2.75, 3.05) is 0 Å². The van der Waals surface area contributed by atoms with Gasteiger partial charge in [-0.2, -0.15) is 0 Å². The molecule has 0 spiro atoms. The Morgan fingerprint density at radius 1 is 0.455 bits per heavy atom. The van der Waals surface area contributed by atoms with Crippen LogP contribution in [0.1, 0.15) is 143 Å². The van der Waals surface area contributed by atoms with Gasteiger partial charge < -0.3 is 29.7 Å². The number of hydrogen-bond acceptors (Lipinski definition) is 6. The van der Waals surface area contributed by atoms with Crippen molar-refractivity contribution in [3.8, 4) is 0 Å². The zero-order valence-corrected chi connectivity index (χ0v) is 24.7. The Bertz CT molecular complexity index is 349. The minimum atomic E-state index is -0.932. The average molecular weight is 577 g/mol. The molecule has 0 aromatic carbocycles. The van der Waals surface area contributed by atoms with Crippen LogP contribution in [0.2, 0.25) is 4.44 Å². The van der Waals surface area contributed by atoms with Gasteiger partial charge >= 0.3 is 72.4 Å². The Morgan fingerprint density at radius 2 is 0.697 bits per heavy atom. The molecule has 0 amide bonds. The standard InChI is InChI=1S/C8H17.3C6H12O2.Sn/c1-3-5-7-8-6-4-2;3*1-2-3-4-5-6(7)8;/h1,3-8H2,2H3;3*2-5H2,1H3,(H,7,8);/q;;;;+3/p-3. The Balaban J connectivity index is -0.000000170. The number of rotatable bonds is 18. The van der Waals surface area contributed by atoms with Crippen LogP contribution in [0.15, 0.2) is 0 Å². The van der Waals surface area contributed by atoms with E-state index in [-0.39, 0.29) is 19.3 Å². The molecule has 33 heavy (non-hydrogen) atoms. The van der Waals surface area contributed by atoms with E-state index in [2.05, 4.69) is 6.92 Å². The van der Waals surface area contributed by atoms with Gasteiger partial charge in [-0.15, -0.1) is 0 Å². The number of carbonyl (C=O) groups is 3. The third kappa shape index (κ3) is 65.2. The van der Waals surface area contributed by atoms with Crippen LogP contribution in [0.4, 0.5) is 0 Å². The predicted octanol–water partition coefficient (Wildman–Crippen LogP) is 3.88. The number of carboxylic acids is 3. The van der Waals surface area contributed by atoms with Gasteiger partial charge in [-0.3, -0.25) is 0 Å². The summed E-state index contributed by atoms with van der Waals surface area (Å²) in [5, 5.41) is 29.3. The summed E-state index contributed by atoms with van der Waals surface area (Å²) in [6.45, 7) is 8.38.